The normalized spacial score (nSPS) is 11.0. The Balaban J connectivity index is 2.17. The Morgan fingerprint density at radius 3 is 1.85 bits per heavy atom. The van der Waals surface area contributed by atoms with Crippen LogP contribution in [0.1, 0.15) is 41.5 Å². The number of nitrogens with zero attached hydrogens (tertiary/aromatic N) is 1. The fourth-order valence-electron chi connectivity index (χ4n) is 2.46. The van der Waals surface area contributed by atoms with Crippen molar-refractivity contribution in [1.29, 1.82) is 0 Å². The lowest BCUT2D eigenvalue weighted by molar-refractivity contribution is 0.0772. The first kappa shape index (κ1) is 19.7. The van der Waals surface area contributed by atoms with Crippen LogP contribution in [0.3, 0.4) is 0 Å². The van der Waals surface area contributed by atoms with E-state index in [4.69, 9.17) is 0 Å². The first-order valence-electron chi connectivity index (χ1n) is 8.31. The number of amides is 1. The SMILES string of the molecule is CCN(CC)C(=O)c1ccc(NS(=O)(=O)c2ccc(C(C)=O)cc2)cc1. The fourth-order valence-corrected chi connectivity index (χ4v) is 3.52. The molecule has 6 nitrogen and oxygen atoms in total. The summed E-state index contributed by atoms with van der Waals surface area (Å²) >= 11 is 0. The minimum absolute atomic E-state index is 0.0609. The highest BCUT2D eigenvalue weighted by Crippen LogP contribution is 2.18. The van der Waals surface area contributed by atoms with Crippen LogP contribution in [-0.4, -0.2) is 38.1 Å². The van der Waals surface area contributed by atoms with E-state index < -0.39 is 10.0 Å². The van der Waals surface area contributed by atoms with E-state index in [2.05, 4.69) is 4.72 Å². The topological polar surface area (TPSA) is 83.6 Å². The lowest BCUT2D eigenvalue weighted by Crippen LogP contribution is -2.30. The zero-order chi connectivity index (χ0) is 19.3. The molecule has 0 saturated heterocycles. The molecule has 0 aliphatic heterocycles. The summed E-state index contributed by atoms with van der Waals surface area (Å²) in [4.78, 5) is 25.3. The van der Waals surface area contributed by atoms with Gasteiger partial charge in [0, 0.05) is 29.9 Å². The molecule has 0 radical (unpaired) electrons. The summed E-state index contributed by atoms with van der Waals surface area (Å²) in [7, 11) is -3.77. The van der Waals surface area contributed by atoms with Crippen molar-refractivity contribution in [3.63, 3.8) is 0 Å². The number of ketones is 1. The van der Waals surface area contributed by atoms with Crippen molar-refractivity contribution >= 4 is 27.4 Å². The molecule has 0 unspecified atom stereocenters. The van der Waals surface area contributed by atoms with Crippen LogP contribution >= 0.6 is 0 Å². The monoisotopic (exact) mass is 374 g/mol. The standard InChI is InChI=1S/C19H22N2O4S/c1-4-21(5-2)19(23)16-6-10-17(11-7-16)20-26(24,25)18-12-8-15(9-13-18)14(3)22/h6-13,20H,4-5H2,1-3H3. The molecule has 0 aliphatic rings. The van der Waals surface area contributed by atoms with Crippen molar-refractivity contribution in [2.24, 2.45) is 0 Å². The third-order valence-corrected chi connectivity index (χ3v) is 5.40. The average molecular weight is 374 g/mol. The summed E-state index contributed by atoms with van der Waals surface area (Å²) < 4.78 is 27.3. The van der Waals surface area contributed by atoms with Gasteiger partial charge in [-0.1, -0.05) is 12.1 Å². The van der Waals surface area contributed by atoms with Crippen molar-refractivity contribution in [3.05, 3.63) is 59.7 Å². The molecule has 0 aromatic heterocycles. The molecule has 138 valence electrons. The molecular formula is C19H22N2O4S. The van der Waals surface area contributed by atoms with Gasteiger partial charge in [0.25, 0.3) is 15.9 Å². The molecule has 7 heteroatoms. The van der Waals surface area contributed by atoms with Crippen LogP contribution in [0.5, 0.6) is 0 Å². The van der Waals surface area contributed by atoms with E-state index >= 15 is 0 Å². The molecule has 2 rings (SSSR count). The summed E-state index contributed by atoms with van der Waals surface area (Å²) in [5, 5.41) is 0. The molecular weight excluding hydrogens is 352 g/mol. The van der Waals surface area contributed by atoms with Crippen LogP contribution in [0.25, 0.3) is 0 Å². The van der Waals surface area contributed by atoms with Crippen molar-refractivity contribution < 1.29 is 18.0 Å². The Morgan fingerprint density at radius 2 is 1.38 bits per heavy atom. The highest BCUT2D eigenvalue weighted by atomic mass is 32.2. The number of carbonyl (C=O) groups excluding carboxylic acids is 2. The number of Topliss-reactive ketones (excluding diaryl/α,β-unsaturated/α-hetero) is 1. The summed E-state index contributed by atoms with van der Waals surface area (Å²) in [6.45, 7) is 6.45. The Morgan fingerprint density at radius 1 is 0.885 bits per heavy atom. The van der Waals surface area contributed by atoms with Gasteiger partial charge < -0.3 is 4.90 Å². The van der Waals surface area contributed by atoms with Gasteiger partial charge in [0.2, 0.25) is 0 Å². The Labute approximate surface area is 153 Å². The van der Waals surface area contributed by atoms with E-state index in [1.54, 1.807) is 29.2 Å². The largest absolute Gasteiger partial charge is 0.339 e. The molecule has 26 heavy (non-hydrogen) atoms. The van der Waals surface area contributed by atoms with Crippen LogP contribution in [0, 0.1) is 0 Å². The molecule has 0 aliphatic carbocycles. The van der Waals surface area contributed by atoms with Gasteiger partial charge in [-0.3, -0.25) is 14.3 Å². The van der Waals surface area contributed by atoms with Gasteiger partial charge in [-0.25, -0.2) is 8.42 Å². The maximum Gasteiger partial charge on any atom is 0.261 e. The molecule has 2 aromatic carbocycles. The van der Waals surface area contributed by atoms with Crippen LogP contribution in [0.2, 0.25) is 0 Å². The smallest absolute Gasteiger partial charge is 0.261 e. The number of benzene rings is 2. The minimum atomic E-state index is -3.77. The number of hydrogen-bond acceptors (Lipinski definition) is 4. The number of sulfonamides is 1. The molecule has 0 bridgehead atoms. The van der Waals surface area contributed by atoms with Crippen molar-refractivity contribution in [2.45, 2.75) is 25.7 Å². The van der Waals surface area contributed by atoms with E-state index in [1.807, 2.05) is 13.8 Å². The van der Waals surface area contributed by atoms with E-state index in [0.717, 1.165) is 0 Å². The van der Waals surface area contributed by atoms with Crippen LogP contribution in [-0.2, 0) is 10.0 Å². The molecule has 2 aromatic rings. The lowest BCUT2D eigenvalue weighted by Gasteiger charge is -2.18. The average Bonchev–Trinajstić information content (AvgIpc) is 2.63. The van der Waals surface area contributed by atoms with E-state index in [-0.39, 0.29) is 16.6 Å². The third kappa shape index (κ3) is 4.49. The summed E-state index contributed by atoms with van der Waals surface area (Å²) in [6, 6.07) is 12.0. The van der Waals surface area contributed by atoms with Crippen molar-refractivity contribution in [3.8, 4) is 0 Å². The third-order valence-electron chi connectivity index (χ3n) is 4.01. The summed E-state index contributed by atoms with van der Waals surface area (Å²) in [5.74, 6) is -0.223. The molecule has 0 spiro atoms. The second-order valence-electron chi connectivity index (χ2n) is 5.74. The second-order valence-corrected chi connectivity index (χ2v) is 7.42. The minimum Gasteiger partial charge on any atom is -0.339 e. The Kier molecular flexibility index (Phi) is 6.15. The number of rotatable bonds is 7. The number of hydrogen-bond donors (Lipinski definition) is 1. The van der Waals surface area contributed by atoms with Gasteiger partial charge >= 0.3 is 0 Å². The highest BCUT2D eigenvalue weighted by Gasteiger charge is 2.16. The summed E-state index contributed by atoms with van der Waals surface area (Å²) in [5.41, 5.74) is 1.31. The van der Waals surface area contributed by atoms with E-state index in [0.29, 0.717) is 29.9 Å². The number of anilines is 1. The van der Waals surface area contributed by atoms with Gasteiger partial charge in [0.1, 0.15) is 0 Å². The van der Waals surface area contributed by atoms with Gasteiger partial charge in [-0.15, -0.1) is 0 Å². The second kappa shape index (κ2) is 8.14. The summed E-state index contributed by atoms with van der Waals surface area (Å²) in [6.07, 6.45) is 0. The highest BCUT2D eigenvalue weighted by molar-refractivity contribution is 7.92. The zero-order valence-electron chi connectivity index (χ0n) is 15.0. The fraction of sp³-hybridized carbons (Fsp3) is 0.263. The predicted molar refractivity (Wildman–Crippen MR) is 101 cm³/mol. The quantitative estimate of drug-likeness (QED) is 0.755. The Hall–Kier alpha value is -2.67. The van der Waals surface area contributed by atoms with Crippen LogP contribution < -0.4 is 4.72 Å². The first-order valence-corrected chi connectivity index (χ1v) is 9.80. The van der Waals surface area contributed by atoms with Gasteiger partial charge in [-0.05, 0) is 57.2 Å². The Bertz CT molecular complexity index is 884. The van der Waals surface area contributed by atoms with Crippen molar-refractivity contribution in [2.75, 3.05) is 17.8 Å². The maximum atomic E-state index is 12.4. The van der Waals surface area contributed by atoms with Gasteiger partial charge in [-0.2, -0.15) is 0 Å². The van der Waals surface area contributed by atoms with E-state index in [1.165, 1.54) is 31.2 Å². The van der Waals surface area contributed by atoms with Gasteiger partial charge in [0.15, 0.2) is 5.78 Å². The lowest BCUT2D eigenvalue weighted by atomic mass is 10.2. The first-order chi connectivity index (χ1) is 12.3. The maximum absolute atomic E-state index is 12.4. The molecule has 0 atom stereocenters. The molecule has 1 N–H and O–H groups in total. The van der Waals surface area contributed by atoms with Crippen molar-refractivity contribution in [1.82, 2.24) is 4.90 Å². The molecule has 0 heterocycles. The van der Waals surface area contributed by atoms with Crippen LogP contribution in [0.15, 0.2) is 53.4 Å². The predicted octanol–water partition coefficient (Wildman–Crippen LogP) is 3.17. The number of nitrogens with one attached hydrogen (secondary N) is 1. The number of carbonyl (C=O) groups is 2. The van der Waals surface area contributed by atoms with E-state index in [9.17, 15) is 18.0 Å². The zero-order valence-corrected chi connectivity index (χ0v) is 15.8. The van der Waals surface area contributed by atoms with Crippen LogP contribution in [0.4, 0.5) is 5.69 Å². The molecule has 0 saturated carbocycles. The van der Waals surface area contributed by atoms with Gasteiger partial charge in [0.05, 0.1) is 4.90 Å². The molecule has 0 fully saturated rings. The molecule has 1 amide bonds.